The van der Waals surface area contributed by atoms with E-state index in [1.807, 2.05) is 4.90 Å². The van der Waals surface area contributed by atoms with Crippen molar-refractivity contribution in [3.8, 4) is 0 Å². The monoisotopic (exact) mass is 343 g/mol. The number of piperidine rings is 1. The Balaban J connectivity index is 1.23. The van der Waals surface area contributed by atoms with Crippen LogP contribution < -0.4 is 16.2 Å². The van der Waals surface area contributed by atoms with Gasteiger partial charge in [-0.05, 0) is 50.2 Å². The van der Waals surface area contributed by atoms with Crippen LogP contribution in [0.25, 0.3) is 0 Å². The van der Waals surface area contributed by atoms with Crippen LogP contribution in [-0.4, -0.2) is 52.9 Å². The molecule has 134 valence electrons. The van der Waals surface area contributed by atoms with E-state index in [1.165, 1.54) is 12.8 Å². The van der Waals surface area contributed by atoms with Gasteiger partial charge in [0.15, 0.2) is 0 Å². The Morgan fingerprint density at radius 3 is 2.48 bits per heavy atom. The lowest BCUT2D eigenvalue weighted by Gasteiger charge is -2.33. The summed E-state index contributed by atoms with van der Waals surface area (Å²) in [7, 11) is 0. The Kier molecular flexibility index (Phi) is 4.67. The molecule has 3 heterocycles. The van der Waals surface area contributed by atoms with Crippen LogP contribution in [0.3, 0.4) is 0 Å². The zero-order valence-corrected chi connectivity index (χ0v) is 14.3. The number of amides is 2. The molecule has 1 aromatic rings. The van der Waals surface area contributed by atoms with Crippen molar-refractivity contribution in [2.24, 2.45) is 5.92 Å². The predicted octanol–water partition coefficient (Wildman–Crippen LogP) is 0.447. The minimum atomic E-state index is -0.137. The molecule has 2 unspecified atom stereocenters. The molecule has 2 atom stereocenters. The van der Waals surface area contributed by atoms with E-state index >= 15 is 0 Å². The lowest BCUT2D eigenvalue weighted by molar-refractivity contribution is -0.123. The van der Waals surface area contributed by atoms with Gasteiger partial charge in [0.2, 0.25) is 5.91 Å². The summed E-state index contributed by atoms with van der Waals surface area (Å²) in [5, 5.41) is 3.15. The van der Waals surface area contributed by atoms with Crippen molar-refractivity contribution < 1.29 is 9.59 Å². The maximum Gasteiger partial charge on any atom is 0.253 e. The molecule has 0 radical (unpaired) electrons. The van der Waals surface area contributed by atoms with Crippen molar-refractivity contribution in [1.29, 1.82) is 0 Å². The number of nitrogens with one attached hydrogen (secondary N) is 3. The van der Waals surface area contributed by atoms with E-state index in [2.05, 4.69) is 21.2 Å². The van der Waals surface area contributed by atoms with Crippen LogP contribution in [0.4, 0.5) is 0 Å². The largest absolute Gasteiger partial charge is 0.352 e. The van der Waals surface area contributed by atoms with Crippen LogP contribution in [0.1, 0.15) is 42.5 Å². The molecule has 0 aromatic carbocycles. The highest BCUT2D eigenvalue weighted by Crippen LogP contribution is 2.35. The quantitative estimate of drug-likeness (QED) is 0.739. The van der Waals surface area contributed by atoms with Gasteiger partial charge in [0, 0.05) is 43.1 Å². The maximum absolute atomic E-state index is 12.4. The van der Waals surface area contributed by atoms with E-state index in [1.54, 1.807) is 24.5 Å². The number of carbonyl (C=O) groups excluding carboxylic acids is 2. The van der Waals surface area contributed by atoms with Gasteiger partial charge in [-0.25, -0.2) is 5.43 Å². The lowest BCUT2D eigenvalue weighted by Crippen LogP contribution is -2.51. The molecular formula is C18H25N5O2. The van der Waals surface area contributed by atoms with E-state index in [0.29, 0.717) is 24.7 Å². The smallest absolute Gasteiger partial charge is 0.253 e. The normalized spacial score (nSPS) is 27.3. The molecule has 1 aliphatic carbocycles. The highest BCUT2D eigenvalue weighted by molar-refractivity contribution is 5.94. The van der Waals surface area contributed by atoms with Crippen LogP contribution in [0, 0.1) is 5.92 Å². The molecule has 3 aliphatic rings. The minimum Gasteiger partial charge on any atom is -0.352 e. The predicted molar refractivity (Wildman–Crippen MR) is 92.5 cm³/mol. The van der Waals surface area contributed by atoms with Crippen molar-refractivity contribution in [3.63, 3.8) is 0 Å². The fourth-order valence-corrected chi connectivity index (χ4v) is 3.77. The molecule has 3 fully saturated rings. The second kappa shape index (κ2) is 7.09. The number of nitrogens with zero attached hydrogens (tertiary/aromatic N) is 2. The first-order valence-electron chi connectivity index (χ1n) is 9.21. The summed E-state index contributed by atoms with van der Waals surface area (Å²) in [6.07, 6.45) is 8.30. The second-order valence-corrected chi connectivity index (χ2v) is 7.33. The summed E-state index contributed by atoms with van der Waals surface area (Å²) < 4.78 is 0. The molecule has 4 rings (SSSR count). The van der Waals surface area contributed by atoms with E-state index in [9.17, 15) is 9.59 Å². The summed E-state index contributed by atoms with van der Waals surface area (Å²) in [5.74, 6) is 0.864. The molecule has 2 aliphatic heterocycles. The number of likely N-dealkylation sites (tertiary alicyclic amines) is 1. The lowest BCUT2D eigenvalue weighted by atomic mass is 10.0. The van der Waals surface area contributed by atoms with Gasteiger partial charge in [-0.15, -0.1) is 0 Å². The van der Waals surface area contributed by atoms with Crippen LogP contribution in [-0.2, 0) is 4.79 Å². The first kappa shape index (κ1) is 16.5. The summed E-state index contributed by atoms with van der Waals surface area (Å²) in [6, 6.07) is 3.93. The van der Waals surface area contributed by atoms with Gasteiger partial charge in [-0.1, -0.05) is 0 Å². The first-order valence-corrected chi connectivity index (χ1v) is 9.21. The van der Waals surface area contributed by atoms with Gasteiger partial charge in [-0.2, -0.15) is 0 Å². The molecule has 0 bridgehead atoms. The third kappa shape index (κ3) is 3.82. The van der Waals surface area contributed by atoms with Crippen molar-refractivity contribution in [2.75, 3.05) is 13.1 Å². The molecule has 7 heteroatoms. The number of carbonyl (C=O) groups is 2. The van der Waals surface area contributed by atoms with Gasteiger partial charge in [0.25, 0.3) is 5.91 Å². The SMILES string of the molecule is O=C(NC1CCN(C(=O)c2ccncc2)CC1)C1CC(C2CC2)NN1. The number of aromatic nitrogens is 1. The van der Waals surface area contributed by atoms with E-state index < -0.39 is 0 Å². The molecule has 25 heavy (non-hydrogen) atoms. The number of hydrogen-bond donors (Lipinski definition) is 3. The molecule has 2 amide bonds. The third-order valence-electron chi connectivity index (χ3n) is 5.50. The molecule has 0 spiro atoms. The van der Waals surface area contributed by atoms with Crippen molar-refractivity contribution in [1.82, 2.24) is 26.1 Å². The van der Waals surface area contributed by atoms with Crippen LogP contribution >= 0.6 is 0 Å². The molecule has 2 saturated heterocycles. The van der Waals surface area contributed by atoms with Gasteiger partial charge in [0.1, 0.15) is 6.04 Å². The highest BCUT2D eigenvalue weighted by atomic mass is 16.2. The summed E-state index contributed by atoms with van der Waals surface area (Å²) in [5.41, 5.74) is 7.06. The summed E-state index contributed by atoms with van der Waals surface area (Å²) in [6.45, 7) is 1.35. The van der Waals surface area contributed by atoms with Crippen LogP contribution in [0.5, 0.6) is 0 Å². The second-order valence-electron chi connectivity index (χ2n) is 7.33. The Morgan fingerprint density at radius 1 is 1.08 bits per heavy atom. The maximum atomic E-state index is 12.4. The molecular weight excluding hydrogens is 318 g/mol. The minimum absolute atomic E-state index is 0.0427. The van der Waals surface area contributed by atoms with E-state index in [-0.39, 0.29) is 23.9 Å². The summed E-state index contributed by atoms with van der Waals surface area (Å²) >= 11 is 0. The fraction of sp³-hybridized carbons (Fsp3) is 0.611. The van der Waals surface area contributed by atoms with Crippen LogP contribution in [0.2, 0.25) is 0 Å². The molecule has 7 nitrogen and oxygen atoms in total. The number of pyridine rings is 1. The Bertz CT molecular complexity index is 626. The van der Waals surface area contributed by atoms with Crippen molar-refractivity contribution in [3.05, 3.63) is 30.1 Å². The Labute approximate surface area is 147 Å². The molecule has 3 N–H and O–H groups in total. The standard InChI is InChI=1S/C18H25N5O2/c24-17(16-11-15(21-22-16)12-1-2-12)20-14-5-9-23(10-6-14)18(25)13-3-7-19-8-4-13/h3-4,7-8,12,14-16,21-22H,1-2,5-6,9-11H2,(H,20,24). The average Bonchev–Trinajstić information content (AvgIpc) is 3.39. The van der Waals surface area contributed by atoms with Gasteiger partial charge in [0.05, 0.1) is 0 Å². The Hall–Kier alpha value is -1.99. The number of hydrazine groups is 1. The van der Waals surface area contributed by atoms with E-state index in [0.717, 1.165) is 25.2 Å². The van der Waals surface area contributed by atoms with Crippen molar-refractivity contribution in [2.45, 2.75) is 50.2 Å². The van der Waals surface area contributed by atoms with Crippen molar-refractivity contribution >= 4 is 11.8 Å². The van der Waals surface area contributed by atoms with Gasteiger partial charge >= 0.3 is 0 Å². The fourth-order valence-electron chi connectivity index (χ4n) is 3.77. The Morgan fingerprint density at radius 2 is 1.80 bits per heavy atom. The third-order valence-corrected chi connectivity index (χ3v) is 5.50. The topological polar surface area (TPSA) is 86.4 Å². The van der Waals surface area contributed by atoms with Gasteiger partial charge < -0.3 is 10.2 Å². The first-order chi connectivity index (χ1) is 12.2. The number of hydrogen-bond acceptors (Lipinski definition) is 5. The highest BCUT2D eigenvalue weighted by Gasteiger charge is 2.39. The van der Waals surface area contributed by atoms with E-state index in [4.69, 9.17) is 0 Å². The summed E-state index contributed by atoms with van der Waals surface area (Å²) in [4.78, 5) is 30.7. The number of rotatable bonds is 4. The zero-order valence-electron chi connectivity index (χ0n) is 14.3. The van der Waals surface area contributed by atoms with Gasteiger partial charge in [-0.3, -0.25) is 20.0 Å². The zero-order chi connectivity index (χ0) is 17.2. The van der Waals surface area contributed by atoms with Crippen LogP contribution in [0.15, 0.2) is 24.5 Å². The average molecular weight is 343 g/mol. The molecule has 1 aromatic heterocycles. The molecule has 1 saturated carbocycles.